The summed E-state index contributed by atoms with van der Waals surface area (Å²) in [4.78, 5) is 52.7. The van der Waals surface area contributed by atoms with Crippen LogP contribution in [0.5, 0.6) is 0 Å². The van der Waals surface area contributed by atoms with Gasteiger partial charge in [-0.25, -0.2) is 23.1 Å². The number of hydrogen-bond acceptors (Lipinski definition) is 8. The fourth-order valence-corrected chi connectivity index (χ4v) is 7.16. The molecule has 11 nitrogen and oxygen atoms in total. The summed E-state index contributed by atoms with van der Waals surface area (Å²) in [6.45, 7) is 5.07. The molecule has 5 aromatic rings. The highest BCUT2D eigenvalue weighted by molar-refractivity contribution is 6.10. The Morgan fingerprint density at radius 3 is 2.34 bits per heavy atom. The van der Waals surface area contributed by atoms with E-state index >= 15 is 0 Å². The first-order valence-electron chi connectivity index (χ1n) is 17.1. The lowest BCUT2D eigenvalue weighted by molar-refractivity contribution is -0.000511. The maximum atomic E-state index is 14.6. The number of nitrogens with one attached hydrogen (secondary N) is 2. The van der Waals surface area contributed by atoms with Gasteiger partial charge in [0, 0.05) is 67.3 Å². The molecular weight excluding hydrogens is 689 g/mol. The smallest absolute Gasteiger partial charge is 0.291 e. The van der Waals surface area contributed by atoms with Crippen molar-refractivity contribution >= 4 is 40.6 Å². The predicted molar refractivity (Wildman–Crippen MR) is 190 cm³/mol. The number of carbonyl (C=O) groups is 3. The predicted octanol–water partition coefficient (Wildman–Crippen LogP) is 6.79. The fourth-order valence-electron chi connectivity index (χ4n) is 7.16. The van der Waals surface area contributed by atoms with Crippen molar-refractivity contribution in [2.24, 2.45) is 5.41 Å². The zero-order chi connectivity index (χ0) is 36.9. The Labute approximate surface area is 301 Å². The Kier molecular flexibility index (Phi) is 8.69. The molecule has 3 aromatic heterocycles. The summed E-state index contributed by atoms with van der Waals surface area (Å²) >= 11 is 0. The average molecular weight is 723 g/mol. The Morgan fingerprint density at radius 1 is 0.868 bits per heavy atom. The minimum atomic E-state index is -0.956. The number of fused-ring (bicyclic) bond motifs is 3. The molecule has 6 heterocycles. The molecule has 2 N–H and O–H groups in total. The molecule has 0 bridgehead atoms. The van der Waals surface area contributed by atoms with E-state index in [4.69, 9.17) is 9.15 Å². The number of benzene rings is 2. The molecule has 53 heavy (non-hydrogen) atoms. The zero-order valence-corrected chi connectivity index (χ0v) is 28.5. The molecule has 0 saturated carbocycles. The number of ether oxygens (including phenoxy) is 1. The van der Waals surface area contributed by atoms with Crippen LogP contribution in [-0.4, -0.2) is 60.5 Å². The number of aryl methyl sites for hydroxylation is 1. The van der Waals surface area contributed by atoms with Gasteiger partial charge in [-0.15, -0.1) is 0 Å². The van der Waals surface area contributed by atoms with E-state index in [1.165, 1.54) is 17.0 Å². The van der Waals surface area contributed by atoms with Gasteiger partial charge in [0.2, 0.25) is 0 Å². The Morgan fingerprint density at radius 2 is 1.60 bits per heavy atom. The molecule has 8 rings (SSSR count). The molecule has 0 radical (unpaired) electrons. The van der Waals surface area contributed by atoms with Crippen LogP contribution in [0.3, 0.4) is 0 Å². The normalized spacial score (nSPS) is 15.9. The molecule has 14 heteroatoms. The van der Waals surface area contributed by atoms with E-state index in [1.807, 2.05) is 13.0 Å². The highest BCUT2D eigenvalue weighted by Crippen LogP contribution is 2.43. The lowest BCUT2D eigenvalue weighted by atomic mass is 9.73. The monoisotopic (exact) mass is 722 g/mol. The number of anilines is 4. The van der Waals surface area contributed by atoms with Crippen molar-refractivity contribution in [3.05, 3.63) is 119 Å². The first kappa shape index (κ1) is 34.1. The molecule has 1 spiro atoms. The second-order valence-corrected chi connectivity index (χ2v) is 13.6. The van der Waals surface area contributed by atoms with Gasteiger partial charge < -0.3 is 29.6 Å². The number of halogens is 3. The van der Waals surface area contributed by atoms with Gasteiger partial charge in [-0.1, -0.05) is 6.07 Å². The summed E-state index contributed by atoms with van der Waals surface area (Å²) in [7, 11) is 0. The minimum absolute atomic E-state index is 0.0684. The molecule has 3 amide bonds. The molecule has 270 valence electrons. The van der Waals surface area contributed by atoms with Gasteiger partial charge in [0.1, 0.15) is 34.7 Å². The summed E-state index contributed by atoms with van der Waals surface area (Å²) in [6.07, 6.45) is 4.88. The van der Waals surface area contributed by atoms with Gasteiger partial charge in [-0.2, -0.15) is 0 Å². The van der Waals surface area contributed by atoms with E-state index in [0.717, 1.165) is 69.1 Å². The van der Waals surface area contributed by atoms with Gasteiger partial charge in [0.15, 0.2) is 11.5 Å². The van der Waals surface area contributed by atoms with Gasteiger partial charge in [0.25, 0.3) is 17.7 Å². The van der Waals surface area contributed by atoms with Gasteiger partial charge in [0.05, 0.1) is 17.4 Å². The fraction of sp³-hybridized carbons (Fsp3) is 0.256. The van der Waals surface area contributed by atoms with Gasteiger partial charge in [-0.05, 0) is 80.3 Å². The largest absolute Gasteiger partial charge is 0.449 e. The standard InChI is InChI=1S/C39H33F3N6O5/c1-22-15-27(35(44-18-22)47-20-39(21-47)10-13-52-14-11-39)36(49)45-26-7-5-23(6-8-26)38(51)48-12-9-24-16-31(37(50)46-32-28(41)3-2-4-29(32)42)53-34(24)33-30(48)17-25(40)19-43-33/h2-8,15-19H,9-14,20-21H2,1H3,(H,45,49)(H,46,50). The van der Waals surface area contributed by atoms with Gasteiger partial charge >= 0.3 is 0 Å². The number of para-hydroxylation sites is 1. The van der Waals surface area contributed by atoms with E-state index < -0.39 is 35.0 Å². The molecular formula is C39H33F3N6O5. The summed E-state index contributed by atoms with van der Waals surface area (Å²) in [5, 5.41) is 5.12. The van der Waals surface area contributed by atoms with Crippen LogP contribution in [-0.2, 0) is 11.2 Å². The number of nitrogens with zero attached hydrogens (tertiary/aromatic N) is 4. The van der Waals surface area contributed by atoms with E-state index in [0.29, 0.717) is 22.6 Å². The average Bonchev–Trinajstić information content (AvgIpc) is 3.51. The number of pyridine rings is 2. The first-order chi connectivity index (χ1) is 25.6. The summed E-state index contributed by atoms with van der Waals surface area (Å²) < 4.78 is 54.3. The summed E-state index contributed by atoms with van der Waals surface area (Å²) in [6, 6.07) is 13.9. The lowest BCUT2D eigenvalue weighted by Gasteiger charge is -2.53. The SMILES string of the molecule is Cc1cnc(N2CC3(CCOCC3)C2)c(C(=O)Nc2ccc(C(=O)N3CCc4cc(C(=O)Nc5c(F)cccc5F)oc4-c4ncc(F)cc43)cc2)c1. The third-order valence-electron chi connectivity index (χ3n) is 9.97. The first-order valence-corrected chi connectivity index (χ1v) is 17.1. The zero-order valence-electron chi connectivity index (χ0n) is 28.5. The van der Waals surface area contributed by atoms with Crippen molar-refractivity contribution < 1.29 is 36.7 Å². The van der Waals surface area contributed by atoms with Crippen molar-refractivity contribution in [1.82, 2.24) is 9.97 Å². The maximum Gasteiger partial charge on any atom is 0.291 e. The van der Waals surface area contributed by atoms with E-state index in [1.54, 1.807) is 30.5 Å². The number of amides is 3. The van der Waals surface area contributed by atoms with Crippen LogP contribution in [0.25, 0.3) is 11.5 Å². The van der Waals surface area contributed by atoms with Crippen LogP contribution in [0.2, 0.25) is 0 Å². The Balaban J connectivity index is 0.991. The minimum Gasteiger partial charge on any atom is -0.449 e. The van der Waals surface area contributed by atoms with Crippen LogP contribution in [0, 0.1) is 29.8 Å². The number of rotatable bonds is 6. The highest BCUT2D eigenvalue weighted by atomic mass is 19.1. The number of carbonyl (C=O) groups excluding carboxylic acids is 3. The van der Waals surface area contributed by atoms with E-state index in [2.05, 4.69) is 25.5 Å². The van der Waals surface area contributed by atoms with Crippen molar-refractivity contribution in [1.29, 1.82) is 0 Å². The number of hydrogen-bond donors (Lipinski definition) is 2. The third-order valence-corrected chi connectivity index (χ3v) is 9.97. The van der Waals surface area contributed by atoms with E-state index in [9.17, 15) is 27.6 Å². The molecule has 0 aliphatic carbocycles. The van der Waals surface area contributed by atoms with Crippen LogP contribution >= 0.6 is 0 Å². The summed E-state index contributed by atoms with van der Waals surface area (Å²) in [5.41, 5.74) is 2.32. The number of furan rings is 1. The molecule has 2 fully saturated rings. The van der Waals surface area contributed by atoms with Crippen molar-refractivity contribution in [2.75, 3.05) is 53.3 Å². The molecule has 2 aromatic carbocycles. The quantitative estimate of drug-likeness (QED) is 0.196. The van der Waals surface area contributed by atoms with Crippen LogP contribution < -0.4 is 20.4 Å². The van der Waals surface area contributed by atoms with Crippen molar-refractivity contribution in [2.45, 2.75) is 26.2 Å². The second-order valence-electron chi connectivity index (χ2n) is 13.6. The molecule has 3 aliphatic rings. The number of aromatic nitrogens is 2. The Bertz CT molecular complexity index is 2240. The van der Waals surface area contributed by atoms with Crippen molar-refractivity contribution in [3.8, 4) is 11.5 Å². The highest BCUT2D eigenvalue weighted by Gasteiger charge is 2.45. The lowest BCUT2D eigenvalue weighted by Crippen LogP contribution is -2.59. The van der Waals surface area contributed by atoms with Gasteiger partial charge in [-0.3, -0.25) is 14.4 Å². The molecule has 0 atom stereocenters. The molecule has 3 aliphatic heterocycles. The topological polar surface area (TPSA) is 130 Å². The summed E-state index contributed by atoms with van der Waals surface area (Å²) in [5.74, 6) is -3.79. The van der Waals surface area contributed by atoms with Crippen LogP contribution in [0.15, 0.2) is 77.5 Å². The maximum absolute atomic E-state index is 14.6. The van der Waals surface area contributed by atoms with E-state index in [-0.39, 0.29) is 52.8 Å². The van der Waals surface area contributed by atoms with Crippen LogP contribution in [0.1, 0.15) is 55.2 Å². The molecule has 2 saturated heterocycles. The Hall–Kier alpha value is -6.02. The third kappa shape index (κ3) is 6.50. The van der Waals surface area contributed by atoms with Crippen molar-refractivity contribution in [3.63, 3.8) is 0 Å². The second kappa shape index (κ2) is 13.5. The van der Waals surface area contributed by atoms with Crippen LogP contribution in [0.4, 0.5) is 36.1 Å². The molecule has 0 unspecified atom stereocenters.